The average molecular weight is 386 g/mol. The third kappa shape index (κ3) is 4.51. The second-order valence-electron chi connectivity index (χ2n) is 7.85. The van der Waals surface area contributed by atoms with Gasteiger partial charge in [-0.05, 0) is 41.7 Å². The predicted octanol–water partition coefficient (Wildman–Crippen LogP) is 5.37. The highest BCUT2D eigenvalue weighted by atomic mass is 16.3. The molecular formula is C26H27NO2. The SMILES string of the molecule is O=C(N[C@@H]1CCCC[C@H]1c1ccc(O)cc1)C(c1ccccc1)c1ccccc1. The molecule has 3 aromatic rings. The van der Waals surface area contributed by atoms with Gasteiger partial charge in [0.05, 0.1) is 5.92 Å². The standard InChI is InChI=1S/C26H27NO2/c28-22-17-15-19(16-18-22)23-13-7-8-14-24(23)27-26(29)25(20-9-3-1-4-10-20)21-11-5-2-6-12-21/h1-6,9-12,15-18,23-25,28H,7-8,13-14H2,(H,27,29)/t23-,24+/m0/s1. The van der Waals surface area contributed by atoms with Gasteiger partial charge in [-0.25, -0.2) is 0 Å². The summed E-state index contributed by atoms with van der Waals surface area (Å²) in [5, 5.41) is 13.0. The number of aromatic hydroxyl groups is 1. The quantitative estimate of drug-likeness (QED) is 0.621. The van der Waals surface area contributed by atoms with E-state index in [4.69, 9.17) is 0 Å². The molecule has 4 rings (SSSR count). The van der Waals surface area contributed by atoms with Crippen molar-refractivity contribution in [2.75, 3.05) is 0 Å². The molecule has 3 nitrogen and oxygen atoms in total. The Balaban J connectivity index is 1.60. The van der Waals surface area contributed by atoms with Crippen LogP contribution in [-0.4, -0.2) is 17.1 Å². The van der Waals surface area contributed by atoms with Crippen LogP contribution in [0.25, 0.3) is 0 Å². The Kier molecular flexibility index (Phi) is 5.95. The summed E-state index contributed by atoms with van der Waals surface area (Å²) >= 11 is 0. The number of hydrogen-bond acceptors (Lipinski definition) is 2. The molecule has 2 atom stereocenters. The molecule has 1 amide bonds. The van der Waals surface area contributed by atoms with Gasteiger partial charge < -0.3 is 10.4 Å². The summed E-state index contributed by atoms with van der Waals surface area (Å²) in [6.45, 7) is 0. The Morgan fingerprint density at radius 3 is 1.93 bits per heavy atom. The highest BCUT2D eigenvalue weighted by Crippen LogP contribution is 2.35. The molecule has 0 heterocycles. The highest BCUT2D eigenvalue weighted by molar-refractivity contribution is 5.87. The predicted molar refractivity (Wildman–Crippen MR) is 116 cm³/mol. The number of carbonyl (C=O) groups excluding carboxylic acids is 1. The van der Waals surface area contributed by atoms with Crippen LogP contribution in [0.1, 0.15) is 54.2 Å². The Morgan fingerprint density at radius 2 is 1.34 bits per heavy atom. The Hall–Kier alpha value is -3.07. The van der Waals surface area contributed by atoms with Crippen LogP contribution in [0.4, 0.5) is 0 Å². The van der Waals surface area contributed by atoms with Crippen molar-refractivity contribution in [3.05, 3.63) is 102 Å². The molecular weight excluding hydrogens is 358 g/mol. The van der Waals surface area contributed by atoms with Crippen LogP contribution in [0.5, 0.6) is 5.75 Å². The van der Waals surface area contributed by atoms with E-state index in [-0.39, 0.29) is 29.5 Å². The van der Waals surface area contributed by atoms with Gasteiger partial charge in [0.25, 0.3) is 0 Å². The first-order valence-corrected chi connectivity index (χ1v) is 10.4. The van der Waals surface area contributed by atoms with Gasteiger partial charge in [-0.15, -0.1) is 0 Å². The van der Waals surface area contributed by atoms with Crippen LogP contribution in [0, 0.1) is 0 Å². The molecule has 148 valence electrons. The maximum Gasteiger partial charge on any atom is 0.232 e. The molecule has 0 spiro atoms. The van der Waals surface area contributed by atoms with Gasteiger partial charge in [-0.2, -0.15) is 0 Å². The zero-order chi connectivity index (χ0) is 20.1. The van der Waals surface area contributed by atoms with Crippen molar-refractivity contribution in [2.24, 2.45) is 0 Å². The number of phenolic OH excluding ortho intramolecular Hbond substituents is 1. The topological polar surface area (TPSA) is 49.3 Å². The van der Waals surface area contributed by atoms with E-state index < -0.39 is 0 Å². The summed E-state index contributed by atoms with van der Waals surface area (Å²) in [5.41, 5.74) is 3.20. The second kappa shape index (κ2) is 8.95. The van der Waals surface area contributed by atoms with E-state index in [1.165, 1.54) is 12.0 Å². The van der Waals surface area contributed by atoms with E-state index in [0.29, 0.717) is 0 Å². The van der Waals surface area contributed by atoms with Gasteiger partial charge in [-0.3, -0.25) is 4.79 Å². The van der Waals surface area contributed by atoms with Gasteiger partial charge in [0.15, 0.2) is 0 Å². The minimum atomic E-state index is -0.320. The number of amides is 1. The van der Waals surface area contributed by atoms with E-state index in [9.17, 15) is 9.90 Å². The minimum Gasteiger partial charge on any atom is -0.508 e. The number of hydrogen-bond donors (Lipinski definition) is 2. The zero-order valence-corrected chi connectivity index (χ0v) is 16.5. The normalized spacial score (nSPS) is 19.1. The van der Waals surface area contributed by atoms with Crippen molar-refractivity contribution < 1.29 is 9.90 Å². The van der Waals surface area contributed by atoms with Crippen LogP contribution >= 0.6 is 0 Å². The van der Waals surface area contributed by atoms with Gasteiger partial charge in [0, 0.05) is 12.0 Å². The summed E-state index contributed by atoms with van der Waals surface area (Å²) in [7, 11) is 0. The fourth-order valence-electron chi connectivity index (χ4n) is 4.48. The molecule has 1 aliphatic rings. The first-order valence-electron chi connectivity index (χ1n) is 10.4. The van der Waals surface area contributed by atoms with E-state index in [0.717, 1.165) is 30.4 Å². The molecule has 2 N–H and O–H groups in total. The van der Waals surface area contributed by atoms with Gasteiger partial charge in [0.1, 0.15) is 5.75 Å². The maximum absolute atomic E-state index is 13.5. The molecule has 29 heavy (non-hydrogen) atoms. The van der Waals surface area contributed by atoms with Crippen molar-refractivity contribution in [3.63, 3.8) is 0 Å². The molecule has 0 aliphatic heterocycles. The van der Waals surface area contributed by atoms with E-state index in [1.807, 2.05) is 72.8 Å². The molecule has 1 saturated carbocycles. The molecule has 1 aliphatic carbocycles. The molecule has 3 aromatic carbocycles. The van der Waals surface area contributed by atoms with Gasteiger partial charge >= 0.3 is 0 Å². The number of nitrogens with one attached hydrogen (secondary N) is 1. The molecule has 0 unspecified atom stereocenters. The van der Waals surface area contributed by atoms with Crippen molar-refractivity contribution in [1.29, 1.82) is 0 Å². The minimum absolute atomic E-state index is 0.0538. The van der Waals surface area contributed by atoms with E-state index in [2.05, 4.69) is 5.32 Å². The lowest BCUT2D eigenvalue weighted by atomic mass is 9.79. The maximum atomic E-state index is 13.5. The zero-order valence-electron chi connectivity index (χ0n) is 16.5. The van der Waals surface area contributed by atoms with Crippen LogP contribution in [0.2, 0.25) is 0 Å². The summed E-state index contributed by atoms with van der Waals surface area (Å²) in [6, 6.07) is 27.5. The number of rotatable bonds is 5. The number of benzene rings is 3. The molecule has 0 saturated heterocycles. The number of carbonyl (C=O) groups is 1. The van der Waals surface area contributed by atoms with Gasteiger partial charge in [-0.1, -0.05) is 85.6 Å². The van der Waals surface area contributed by atoms with Gasteiger partial charge in [0.2, 0.25) is 5.91 Å². The van der Waals surface area contributed by atoms with Crippen molar-refractivity contribution in [2.45, 2.75) is 43.6 Å². The first-order chi connectivity index (χ1) is 14.2. The monoisotopic (exact) mass is 385 g/mol. The third-order valence-electron chi connectivity index (χ3n) is 5.94. The lowest BCUT2D eigenvalue weighted by Crippen LogP contribution is -2.43. The highest BCUT2D eigenvalue weighted by Gasteiger charge is 2.31. The Bertz CT molecular complexity index is 882. The van der Waals surface area contributed by atoms with E-state index in [1.54, 1.807) is 12.1 Å². The van der Waals surface area contributed by atoms with Crippen LogP contribution in [0.15, 0.2) is 84.9 Å². The lowest BCUT2D eigenvalue weighted by molar-refractivity contribution is -0.122. The van der Waals surface area contributed by atoms with Crippen LogP contribution in [0.3, 0.4) is 0 Å². The summed E-state index contributed by atoms with van der Waals surface area (Å²) in [5.74, 6) is 0.289. The van der Waals surface area contributed by atoms with E-state index >= 15 is 0 Å². The molecule has 0 radical (unpaired) electrons. The Morgan fingerprint density at radius 1 is 0.793 bits per heavy atom. The fraction of sp³-hybridized carbons (Fsp3) is 0.269. The first kappa shape index (κ1) is 19.3. The van der Waals surface area contributed by atoms with Crippen molar-refractivity contribution >= 4 is 5.91 Å². The average Bonchev–Trinajstić information content (AvgIpc) is 2.76. The van der Waals surface area contributed by atoms with Crippen molar-refractivity contribution in [1.82, 2.24) is 5.32 Å². The number of phenols is 1. The third-order valence-corrected chi connectivity index (χ3v) is 5.94. The summed E-state index contributed by atoms with van der Waals surface area (Å²) in [6.07, 6.45) is 4.32. The Labute approximate surface area is 172 Å². The molecule has 0 bridgehead atoms. The van der Waals surface area contributed by atoms with Crippen LogP contribution in [-0.2, 0) is 4.79 Å². The summed E-state index contributed by atoms with van der Waals surface area (Å²) in [4.78, 5) is 13.5. The molecule has 1 fully saturated rings. The fourth-order valence-corrected chi connectivity index (χ4v) is 4.48. The largest absolute Gasteiger partial charge is 0.508 e. The lowest BCUT2D eigenvalue weighted by Gasteiger charge is -2.34. The second-order valence-corrected chi connectivity index (χ2v) is 7.85. The van der Waals surface area contributed by atoms with Crippen molar-refractivity contribution in [3.8, 4) is 5.75 Å². The summed E-state index contributed by atoms with van der Waals surface area (Å²) < 4.78 is 0. The molecule has 0 aromatic heterocycles. The van der Waals surface area contributed by atoms with Crippen LogP contribution < -0.4 is 5.32 Å². The smallest absolute Gasteiger partial charge is 0.232 e. The molecule has 3 heteroatoms.